The fourth-order valence-electron chi connectivity index (χ4n) is 2.84. The summed E-state index contributed by atoms with van der Waals surface area (Å²) < 4.78 is 5.22. The number of benzene rings is 1. The summed E-state index contributed by atoms with van der Waals surface area (Å²) in [7, 11) is 0. The summed E-state index contributed by atoms with van der Waals surface area (Å²) >= 11 is 0. The fourth-order valence-corrected chi connectivity index (χ4v) is 2.84. The molecule has 1 heterocycles. The second-order valence-electron chi connectivity index (χ2n) is 7.41. The Bertz CT molecular complexity index is 720. The van der Waals surface area contributed by atoms with Gasteiger partial charge in [-0.1, -0.05) is 43.3 Å². The van der Waals surface area contributed by atoms with Crippen LogP contribution in [-0.4, -0.2) is 22.6 Å². The van der Waals surface area contributed by atoms with E-state index >= 15 is 0 Å². The zero-order valence-corrected chi connectivity index (χ0v) is 15.6. The maximum atomic E-state index is 12.0. The molecule has 3 N–H and O–H groups in total. The minimum absolute atomic E-state index is 0.00109. The quantitative estimate of drug-likeness (QED) is 0.719. The van der Waals surface area contributed by atoms with Gasteiger partial charge in [-0.3, -0.25) is 4.79 Å². The van der Waals surface area contributed by atoms with Gasteiger partial charge in [-0.05, 0) is 36.3 Å². The van der Waals surface area contributed by atoms with E-state index in [4.69, 9.17) is 10.3 Å². The topological polar surface area (TPSA) is 94.0 Å². The Morgan fingerprint density at radius 2 is 1.96 bits per heavy atom. The zero-order chi connectivity index (χ0) is 18.5. The molecule has 0 spiro atoms. The summed E-state index contributed by atoms with van der Waals surface area (Å²) in [4.78, 5) is 16.4. The van der Waals surface area contributed by atoms with E-state index in [9.17, 15) is 4.79 Å². The second-order valence-corrected chi connectivity index (χ2v) is 7.41. The predicted octanol–water partition coefficient (Wildman–Crippen LogP) is 3.21. The molecule has 1 aromatic heterocycles. The van der Waals surface area contributed by atoms with E-state index in [1.807, 2.05) is 12.1 Å². The first kappa shape index (κ1) is 18.6. The standard InChI is InChI=1S/C20H28N4O2/c1-13(2)14-6-8-15(9-7-14)17(21)12-22-18(25)4-3-5-19-23-20(24-26-19)16-10-11-16/h6-9,13,16-17H,3-5,10-12,21H2,1-2H3,(H,22,25). The molecule has 140 valence electrons. The SMILES string of the molecule is CC(C)c1ccc(C(N)CNC(=O)CCCc2nc(C3CC3)no2)cc1. The lowest BCUT2D eigenvalue weighted by Gasteiger charge is -2.14. The molecular weight excluding hydrogens is 328 g/mol. The molecule has 1 fully saturated rings. The summed E-state index contributed by atoms with van der Waals surface area (Å²) in [5, 5.41) is 6.89. The van der Waals surface area contributed by atoms with Crippen LogP contribution in [0.3, 0.4) is 0 Å². The van der Waals surface area contributed by atoms with E-state index in [-0.39, 0.29) is 11.9 Å². The number of rotatable bonds is 9. The maximum Gasteiger partial charge on any atom is 0.226 e. The van der Waals surface area contributed by atoms with Gasteiger partial charge in [-0.2, -0.15) is 4.98 Å². The van der Waals surface area contributed by atoms with E-state index in [1.165, 1.54) is 5.56 Å². The third-order valence-electron chi connectivity index (χ3n) is 4.77. The lowest BCUT2D eigenvalue weighted by atomic mass is 9.99. The molecule has 0 bridgehead atoms. The average molecular weight is 356 g/mol. The van der Waals surface area contributed by atoms with Crippen LogP contribution in [0.1, 0.15) is 80.3 Å². The number of amides is 1. The van der Waals surface area contributed by atoms with Crippen LogP contribution in [0.2, 0.25) is 0 Å². The Labute approximate surface area is 154 Å². The van der Waals surface area contributed by atoms with Crippen LogP contribution < -0.4 is 11.1 Å². The van der Waals surface area contributed by atoms with E-state index in [1.54, 1.807) is 0 Å². The summed E-state index contributed by atoms with van der Waals surface area (Å²) in [6.45, 7) is 4.76. The van der Waals surface area contributed by atoms with Crippen molar-refractivity contribution in [3.05, 3.63) is 47.1 Å². The maximum absolute atomic E-state index is 12.0. The van der Waals surface area contributed by atoms with Crippen LogP contribution in [-0.2, 0) is 11.2 Å². The zero-order valence-electron chi connectivity index (χ0n) is 15.6. The second kappa shape index (κ2) is 8.45. The first-order chi connectivity index (χ1) is 12.5. The molecular formula is C20H28N4O2. The Morgan fingerprint density at radius 1 is 1.27 bits per heavy atom. The lowest BCUT2D eigenvalue weighted by Crippen LogP contribution is -2.31. The fraction of sp³-hybridized carbons (Fsp3) is 0.550. The van der Waals surface area contributed by atoms with Crippen LogP contribution in [0, 0.1) is 0 Å². The van der Waals surface area contributed by atoms with Gasteiger partial charge in [0.15, 0.2) is 5.82 Å². The molecule has 2 aromatic rings. The van der Waals surface area contributed by atoms with Crippen molar-refractivity contribution in [3.8, 4) is 0 Å². The first-order valence-corrected chi connectivity index (χ1v) is 9.47. The number of hydrogen-bond acceptors (Lipinski definition) is 5. The van der Waals surface area contributed by atoms with Gasteiger partial charge in [-0.25, -0.2) is 0 Å². The first-order valence-electron chi connectivity index (χ1n) is 9.47. The molecule has 6 nitrogen and oxygen atoms in total. The largest absolute Gasteiger partial charge is 0.354 e. The summed E-state index contributed by atoms with van der Waals surface area (Å²) in [6, 6.07) is 8.08. The molecule has 1 aliphatic rings. The van der Waals surface area contributed by atoms with Gasteiger partial charge in [0.1, 0.15) is 0 Å². The van der Waals surface area contributed by atoms with Crippen LogP contribution >= 0.6 is 0 Å². The van der Waals surface area contributed by atoms with Crippen molar-refractivity contribution < 1.29 is 9.32 Å². The number of nitrogens with two attached hydrogens (primary N) is 1. The van der Waals surface area contributed by atoms with Gasteiger partial charge in [0.05, 0.1) is 0 Å². The van der Waals surface area contributed by atoms with Gasteiger partial charge in [-0.15, -0.1) is 0 Å². The molecule has 0 aliphatic heterocycles. The van der Waals surface area contributed by atoms with Crippen molar-refractivity contribution >= 4 is 5.91 Å². The highest BCUT2D eigenvalue weighted by molar-refractivity contribution is 5.75. The minimum Gasteiger partial charge on any atom is -0.354 e. The van der Waals surface area contributed by atoms with Gasteiger partial charge >= 0.3 is 0 Å². The van der Waals surface area contributed by atoms with Gasteiger partial charge in [0.25, 0.3) is 0 Å². The van der Waals surface area contributed by atoms with E-state index in [2.05, 4.69) is 41.4 Å². The van der Waals surface area contributed by atoms with Crippen molar-refractivity contribution in [1.29, 1.82) is 0 Å². The van der Waals surface area contributed by atoms with Crippen molar-refractivity contribution in [1.82, 2.24) is 15.5 Å². The van der Waals surface area contributed by atoms with Crippen molar-refractivity contribution in [2.45, 2.75) is 63.8 Å². The Kier molecular flexibility index (Phi) is 6.04. The number of nitrogens with one attached hydrogen (secondary N) is 1. The Balaban J connectivity index is 1.36. The number of carbonyl (C=O) groups excluding carboxylic acids is 1. The third-order valence-corrected chi connectivity index (χ3v) is 4.77. The van der Waals surface area contributed by atoms with Gasteiger partial charge in [0.2, 0.25) is 11.8 Å². The molecule has 0 radical (unpaired) electrons. The number of carbonyl (C=O) groups is 1. The molecule has 0 saturated heterocycles. The highest BCUT2D eigenvalue weighted by Gasteiger charge is 2.28. The van der Waals surface area contributed by atoms with Crippen molar-refractivity contribution in [2.24, 2.45) is 5.73 Å². The normalized spacial score (nSPS) is 15.2. The number of aryl methyl sites for hydroxylation is 1. The predicted molar refractivity (Wildman–Crippen MR) is 99.7 cm³/mol. The average Bonchev–Trinajstić information content (AvgIpc) is 3.39. The Hall–Kier alpha value is -2.21. The molecule has 3 rings (SSSR count). The van der Waals surface area contributed by atoms with Gasteiger partial charge in [0, 0.05) is 31.3 Å². The number of nitrogens with zero attached hydrogens (tertiary/aromatic N) is 2. The molecule has 1 atom stereocenters. The molecule has 1 saturated carbocycles. The molecule has 6 heteroatoms. The van der Waals surface area contributed by atoms with Crippen LogP contribution in [0.4, 0.5) is 0 Å². The summed E-state index contributed by atoms with van der Waals surface area (Å²) in [5.74, 6) is 2.44. The minimum atomic E-state index is -0.197. The van der Waals surface area contributed by atoms with Crippen molar-refractivity contribution in [2.75, 3.05) is 6.54 Å². The van der Waals surface area contributed by atoms with Crippen LogP contribution in [0.15, 0.2) is 28.8 Å². The highest BCUT2D eigenvalue weighted by Crippen LogP contribution is 2.38. The van der Waals surface area contributed by atoms with E-state index in [0.29, 0.717) is 43.5 Å². The molecule has 1 unspecified atom stereocenters. The Morgan fingerprint density at radius 3 is 2.62 bits per heavy atom. The van der Waals surface area contributed by atoms with Crippen LogP contribution in [0.25, 0.3) is 0 Å². The van der Waals surface area contributed by atoms with Crippen LogP contribution in [0.5, 0.6) is 0 Å². The molecule has 26 heavy (non-hydrogen) atoms. The molecule has 1 aromatic carbocycles. The number of aromatic nitrogens is 2. The third kappa shape index (κ3) is 5.14. The lowest BCUT2D eigenvalue weighted by molar-refractivity contribution is -0.121. The molecule has 1 amide bonds. The van der Waals surface area contributed by atoms with E-state index < -0.39 is 0 Å². The van der Waals surface area contributed by atoms with E-state index in [0.717, 1.165) is 24.2 Å². The monoisotopic (exact) mass is 356 g/mol. The van der Waals surface area contributed by atoms with Gasteiger partial charge < -0.3 is 15.6 Å². The number of hydrogen-bond donors (Lipinski definition) is 2. The van der Waals surface area contributed by atoms with Crippen molar-refractivity contribution in [3.63, 3.8) is 0 Å². The smallest absolute Gasteiger partial charge is 0.226 e. The highest BCUT2D eigenvalue weighted by atomic mass is 16.5. The summed E-state index contributed by atoms with van der Waals surface area (Å²) in [6.07, 6.45) is 4.07. The summed E-state index contributed by atoms with van der Waals surface area (Å²) in [5.41, 5.74) is 8.50. The molecule has 1 aliphatic carbocycles.